The van der Waals surface area contributed by atoms with Crippen LogP contribution in [0.25, 0.3) is 0 Å². The molecule has 0 amide bonds. The monoisotopic (exact) mass is 235 g/mol. The number of nitro benzene ring substituents is 1. The number of hydrogen-bond acceptors (Lipinski definition) is 3. The molecule has 0 unspecified atom stereocenters. The van der Waals surface area contributed by atoms with Crippen molar-refractivity contribution in [2.45, 2.75) is 19.7 Å². The maximum Gasteiger partial charge on any atom is 0.423 e. The minimum Gasteiger partial charge on any atom is -0.392 e. The summed E-state index contributed by atoms with van der Waals surface area (Å²) in [6.45, 7) is 0.578. The number of nitro groups is 1. The maximum atomic E-state index is 12.5. The van der Waals surface area contributed by atoms with Gasteiger partial charge < -0.3 is 5.11 Å². The summed E-state index contributed by atoms with van der Waals surface area (Å²) < 4.78 is 37.6. The quantitative estimate of drug-likeness (QED) is 0.632. The molecular weight excluding hydrogens is 227 g/mol. The lowest BCUT2D eigenvalue weighted by Crippen LogP contribution is -2.12. The highest BCUT2D eigenvalue weighted by Crippen LogP contribution is 2.38. The van der Waals surface area contributed by atoms with Gasteiger partial charge in [0.1, 0.15) is 5.56 Å². The predicted octanol–water partition coefficient (Wildman–Crippen LogP) is 2.41. The highest BCUT2D eigenvalue weighted by molar-refractivity contribution is 5.49. The zero-order chi connectivity index (χ0) is 12.5. The molecule has 88 valence electrons. The number of halogens is 3. The summed E-state index contributed by atoms with van der Waals surface area (Å²) >= 11 is 0. The zero-order valence-electron chi connectivity index (χ0n) is 8.21. The van der Waals surface area contributed by atoms with Gasteiger partial charge in [-0.1, -0.05) is 6.07 Å². The van der Waals surface area contributed by atoms with Crippen LogP contribution in [0.2, 0.25) is 0 Å². The van der Waals surface area contributed by atoms with Crippen molar-refractivity contribution < 1.29 is 23.2 Å². The topological polar surface area (TPSA) is 63.4 Å². The van der Waals surface area contributed by atoms with Crippen LogP contribution in [-0.4, -0.2) is 10.0 Å². The van der Waals surface area contributed by atoms with Gasteiger partial charge in [-0.2, -0.15) is 13.2 Å². The van der Waals surface area contributed by atoms with Crippen LogP contribution in [0.4, 0.5) is 18.9 Å². The zero-order valence-corrected chi connectivity index (χ0v) is 8.21. The van der Waals surface area contributed by atoms with Crippen molar-refractivity contribution in [1.29, 1.82) is 0 Å². The summed E-state index contributed by atoms with van der Waals surface area (Å²) in [5.74, 6) is 0. The fourth-order valence-corrected chi connectivity index (χ4v) is 1.45. The Labute approximate surface area is 88.5 Å². The van der Waals surface area contributed by atoms with Gasteiger partial charge in [-0.05, 0) is 18.1 Å². The normalized spacial score (nSPS) is 11.6. The highest BCUT2D eigenvalue weighted by atomic mass is 19.4. The van der Waals surface area contributed by atoms with Crippen molar-refractivity contribution in [1.82, 2.24) is 0 Å². The van der Waals surface area contributed by atoms with Gasteiger partial charge in [0.25, 0.3) is 5.69 Å². The van der Waals surface area contributed by atoms with E-state index >= 15 is 0 Å². The molecule has 1 aromatic rings. The van der Waals surface area contributed by atoms with Crippen molar-refractivity contribution in [3.63, 3.8) is 0 Å². The molecule has 0 spiro atoms. The molecule has 0 radical (unpaired) electrons. The molecule has 0 atom stereocenters. The molecule has 0 saturated carbocycles. The number of nitrogens with zero attached hydrogens (tertiary/aromatic N) is 1. The van der Waals surface area contributed by atoms with Gasteiger partial charge in [0, 0.05) is 6.07 Å². The molecule has 1 N–H and O–H groups in total. The van der Waals surface area contributed by atoms with E-state index in [4.69, 9.17) is 5.11 Å². The Morgan fingerprint density at radius 1 is 1.44 bits per heavy atom. The molecule has 1 rings (SSSR count). The second-order valence-electron chi connectivity index (χ2n) is 3.22. The van der Waals surface area contributed by atoms with Crippen LogP contribution in [0.1, 0.15) is 16.7 Å². The molecule has 4 nitrogen and oxygen atoms in total. The molecule has 0 aromatic heterocycles. The van der Waals surface area contributed by atoms with Gasteiger partial charge in [-0.15, -0.1) is 0 Å². The van der Waals surface area contributed by atoms with Gasteiger partial charge in [-0.25, -0.2) is 0 Å². The molecule has 0 aliphatic rings. The first-order chi connectivity index (χ1) is 7.27. The molecular formula is C9H8F3NO3. The third-order valence-corrected chi connectivity index (χ3v) is 2.04. The smallest absolute Gasteiger partial charge is 0.392 e. The van der Waals surface area contributed by atoms with Gasteiger partial charge in [0.2, 0.25) is 0 Å². The molecule has 16 heavy (non-hydrogen) atoms. The third kappa shape index (κ3) is 2.30. The first-order valence-electron chi connectivity index (χ1n) is 4.23. The average Bonchev–Trinajstić information content (AvgIpc) is 2.14. The molecule has 7 heteroatoms. The summed E-state index contributed by atoms with van der Waals surface area (Å²) in [6.07, 6.45) is -4.78. The van der Waals surface area contributed by atoms with Gasteiger partial charge in [0.05, 0.1) is 11.5 Å². The Morgan fingerprint density at radius 3 is 2.38 bits per heavy atom. The minimum atomic E-state index is -4.78. The number of benzene rings is 1. The van der Waals surface area contributed by atoms with E-state index in [1.165, 1.54) is 0 Å². The summed E-state index contributed by atoms with van der Waals surface area (Å²) in [6, 6.07) is 1.81. The summed E-state index contributed by atoms with van der Waals surface area (Å²) in [4.78, 5) is 9.41. The van der Waals surface area contributed by atoms with E-state index in [1.807, 2.05) is 0 Å². The van der Waals surface area contributed by atoms with Crippen molar-refractivity contribution >= 4 is 5.69 Å². The van der Waals surface area contributed by atoms with E-state index in [0.29, 0.717) is 0 Å². The van der Waals surface area contributed by atoms with Crippen LogP contribution in [0.3, 0.4) is 0 Å². The lowest BCUT2D eigenvalue weighted by atomic mass is 10.0. The SMILES string of the molecule is Cc1cc(CO)cc([N+](=O)[O-])c1C(F)(F)F. The second-order valence-corrected chi connectivity index (χ2v) is 3.22. The summed E-state index contributed by atoms with van der Waals surface area (Å²) in [7, 11) is 0. The fourth-order valence-electron chi connectivity index (χ4n) is 1.45. The standard InChI is InChI=1S/C9H8F3NO3/c1-5-2-6(4-14)3-7(13(15)16)8(5)9(10,11)12/h2-3,14H,4H2,1H3. The van der Waals surface area contributed by atoms with Crippen molar-refractivity contribution in [3.05, 3.63) is 38.9 Å². The molecule has 0 bridgehead atoms. The maximum absolute atomic E-state index is 12.5. The van der Waals surface area contributed by atoms with E-state index in [9.17, 15) is 23.3 Å². The molecule has 0 fully saturated rings. The number of alkyl halides is 3. The van der Waals surface area contributed by atoms with Gasteiger partial charge >= 0.3 is 6.18 Å². The molecule has 0 saturated heterocycles. The number of aliphatic hydroxyl groups excluding tert-OH is 1. The van der Waals surface area contributed by atoms with Crippen molar-refractivity contribution in [3.8, 4) is 0 Å². The van der Waals surface area contributed by atoms with E-state index in [-0.39, 0.29) is 11.1 Å². The molecule has 0 aliphatic carbocycles. The number of hydrogen-bond donors (Lipinski definition) is 1. The minimum absolute atomic E-state index is 0.0807. The van der Waals surface area contributed by atoms with Crippen LogP contribution in [0.15, 0.2) is 12.1 Å². The van der Waals surface area contributed by atoms with E-state index in [0.717, 1.165) is 19.1 Å². The van der Waals surface area contributed by atoms with Crippen LogP contribution < -0.4 is 0 Å². The summed E-state index contributed by atoms with van der Waals surface area (Å²) in [5.41, 5.74) is -2.49. The number of rotatable bonds is 2. The van der Waals surface area contributed by atoms with E-state index < -0.39 is 29.0 Å². The average molecular weight is 235 g/mol. The fraction of sp³-hybridized carbons (Fsp3) is 0.333. The Bertz CT molecular complexity index is 429. The third-order valence-electron chi connectivity index (χ3n) is 2.04. The van der Waals surface area contributed by atoms with Crippen LogP contribution in [0.5, 0.6) is 0 Å². The van der Waals surface area contributed by atoms with Crippen molar-refractivity contribution in [2.75, 3.05) is 0 Å². The number of aliphatic hydroxyl groups is 1. The molecule has 1 aromatic carbocycles. The molecule has 0 heterocycles. The largest absolute Gasteiger partial charge is 0.423 e. The Balaban J connectivity index is 3.53. The molecule has 0 aliphatic heterocycles. The second kappa shape index (κ2) is 4.09. The van der Waals surface area contributed by atoms with E-state index in [2.05, 4.69) is 0 Å². The first-order valence-corrected chi connectivity index (χ1v) is 4.23. The predicted molar refractivity (Wildman–Crippen MR) is 48.8 cm³/mol. The first kappa shape index (κ1) is 12.4. The lowest BCUT2D eigenvalue weighted by Gasteiger charge is -2.11. The Kier molecular flexibility index (Phi) is 3.18. The van der Waals surface area contributed by atoms with E-state index in [1.54, 1.807) is 0 Å². The van der Waals surface area contributed by atoms with Gasteiger partial charge in [-0.3, -0.25) is 10.1 Å². The van der Waals surface area contributed by atoms with Crippen LogP contribution >= 0.6 is 0 Å². The van der Waals surface area contributed by atoms with Crippen LogP contribution in [-0.2, 0) is 12.8 Å². The summed E-state index contributed by atoms with van der Waals surface area (Å²) in [5, 5.41) is 19.3. The Morgan fingerprint density at radius 2 is 2.00 bits per heavy atom. The van der Waals surface area contributed by atoms with Crippen molar-refractivity contribution in [2.24, 2.45) is 0 Å². The van der Waals surface area contributed by atoms with Gasteiger partial charge in [0.15, 0.2) is 0 Å². The number of aryl methyl sites for hydroxylation is 1. The lowest BCUT2D eigenvalue weighted by molar-refractivity contribution is -0.388. The highest BCUT2D eigenvalue weighted by Gasteiger charge is 2.40. The van der Waals surface area contributed by atoms with Crippen LogP contribution in [0, 0.1) is 17.0 Å². The Hall–Kier alpha value is -1.63.